The van der Waals surface area contributed by atoms with Gasteiger partial charge in [0.1, 0.15) is 0 Å². The summed E-state index contributed by atoms with van der Waals surface area (Å²) in [6.45, 7) is 1.91. The Balaban J connectivity index is 2.07. The van der Waals surface area contributed by atoms with Crippen LogP contribution in [0, 0.1) is 6.92 Å². The number of Topliss-reactive ketones (excluding diaryl/α,β-unsaturated/α-hetero) is 1. The van der Waals surface area contributed by atoms with Crippen molar-refractivity contribution < 1.29 is 23.1 Å². The van der Waals surface area contributed by atoms with Crippen LogP contribution < -0.4 is 0 Å². The second-order valence-corrected chi connectivity index (χ2v) is 8.05. The Morgan fingerprint density at radius 2 is 1.75 bits per heavy atom. The molecule has 1 aliphatic rings. The van der Waals surface area contributed by atoms with Gasteiger partial charge < -0.3 is 13.8 Å². The highest BCUT2D eigenvalue weighted by Crippen LogP contribution is 2.74. The van der Waals surface area contributed by atoms with Gasteiger partial charge in [-0.1, -0.05) is 60.2 Å². The molecule has 2 aromatic carbocycles. The molecule has 2 atom stereocenters. The average molecular weight is 346 g/mol. The summed E-state index contributed by atoms with van der Waals surface area (Å²) in [5.74, 6) is -0.244. The molecule has 0 N–H and O–H groups in total. The second kappa shape index (κ2) is 6.26. The fourth-order valence-electron chi connectivity index (χ4n) is 2.93. The Morgan fingerprint density at radius 3 is 2.33 bits per heavy atom. The van der Waals surface area contributed by atoms with Crippen LogP contribution in [0.4, 0.5) is 0 Å². The quantitative estimate of drug-likeness (QED) is 0.451. The molecule has 126 valence electrons. The molecule has 0 saturated carbocycles. The maximum Gasteiger partial charge on any atom is 0.369 e. The number of aryl methyl sites for hydroxylation is 1. The summed E-state index contributed by atoms with van der Waals surface area (Å²) >= 11 is 0. The van der Waals surface area contributed by atoms with E-state index in [2.05, 4.69) is 0 Å². The molecule has 5 nitrogen and oxygen atoms in total. The summed E-state index contributed by atoms with van der Waals surface area (Å²) in [5, 5.41) is -1.41. The Hall–Kier alpha value is -1.78. The lowest BCUT2D eigenvalue weighted by Crippen LogP contribution is -2.21. The van der Waals surface area contributed by atoms with Gasteiger partial charge in [0.15, 0.2) is 11.9 Å². The lowest BCUT2D eigenvalue weighted by atomic mass is 10.0. The number of carbonyl (C=O) groups excluding carboxylic acids is 1. The number of hydrogen-bond acceptors (Lipinski definition) is 5. The Morgan fingerprint density at radius 1 is 1.08 bits per heavy atom. The van der Waals surface area contributed by atoms with E-state index in [0.29, 0.717) is 11.1 Å². The molecule has 0 unspecified atom stereocenters. The first kappa shape index (κ1) is 17.1. The molecule has 0 amide bonds. The number of rotatable bonds is 6. The van der Waals surface area contributed by atoms with Crippen molar-refractivity contribution >= 4 is 13.4 Å². The van der Waals surface area contributed by atoms with Crippen molar-refractivity contribution in [3.05, 3.63) is 71.3 Å². The molecule has 1 heterocycles. The molecular formula is C18H19O5P. The van der Waals surface area contributed by atoms with Crippen molar-refractivity contribution in [3.63, 3.8) is 0 Å². The van der Waals surface area contributed by atoms with E-state index >= 15 is 0 Å². The SMILES string of the molecule is COP(=O)(OC)[C@]1(c2cccc(C)c2)O[C@H]1C(=O)c1ccccc1. The third kappa shape index (κ3) is 2.54. The monoisotopic (exact) mass is 346 g/mol. The van der Waals surface area contributed by atoms with Crippen molar-refractivity contribution in [3.8, 4) is 0 Å². The predicted octanol–water partition coefficient (Wildman–Crippen LogP) is 3.92. The number of benzene rings is 2. The van der Waals surface area contributed by atoms with Crippen LogP contribution >= 0.6 is 7.60 Å². The van der Waals surface area contributed by atoms with E-state index in [9.17, 15) is 9.36 Å². The molecule has 0 bridgehead atoms. The first-order chi connectivity index (χ1) is 11.5. The zero-order valence-electron chi connectivity index (χ0n) is 13.8. The van der Waals surface area contributed by atoms with Gasteiger partial charge >= 0.3 is 7.60 Å². The molecular weight excluding hydrogens is 327 g/mol. The van der Waals surface area contributed by atoms with Gasteiger partial charge in [-0.05, 0) is 12.5 Å². The summed E-state index contributed by atoms with van der Waals surface area (Å²) in [7, 11) is -1.09. The third-order valence-corrected chi connectivity index (χ3v) is 6.58. The molecule has 3 rings (SSSR count). The third-order valence-electron chi connectivity index (χ3n) is 4.21. The number of ketones is 1. The molecule has 0 spiro atoms. The van der Waals surface area contributed by atoms with E-state index in [1.54, 1.807) is 30.3 Å². The van der Waals surface area contributed by atoms with Gasteiger partial charge in [-0.2, -0.15) is 0 Å². The fourth-order valence-corrected chi connectivity index (χ4v) is 4.72. The van der Waals surface area contributed by atoms with Gasteiger partial charge in [0, 0.05) is 19.8 Å². The zero-order valence-corrected chi connectivity index (χ0v) is 14.7. The van der Waals surface area contributed by atoms with Gasteiger partial charge in [-0.15, -0.1) is 0 Å². The van der Waals surface area contributed by atoms with Crippen LogP contribution in [-0.4, -0.2) is 26.1 Å². The second-order valence-electron chi connectivity index (χ2n) is 5.66. The van der Waals surface area contributed by atoms with Crippen LogP contribution in [0.2, 0.25) is 0 Å². The van der Waals surface area contributed by atoms with Crippen LogP contribution in [0.1, 0.15) is 21.5 Å². The number of carbonyl (C=O) groups is 1. The molecule has 0 radical (unpaired) electrons. The Bertz CT molecular complexity index is 796. The molecule has 24 heavy (non-hydrogen) atoms. The normalized spacial score (nSPS) is 23.0. The van der Waals surface area contributed by atoms with Gasteiger partial charge in [0.25, 0.3) is 0 Å². The standard InChI is InChI=1S/C18H19O5P/c1-13-8-7-11-15(12-13)18(24(20,21-2)22-3)17(23-18)16(19)14-9-5-4-6-10-14/h4-12,17H,1-3H3/t17-,18-/m0/s1. The Labute approximate surface area is 141 Å². The van der Waals surface area contributed by atoms with Crippen molar-refractivity contribution in [1.82, 2.24) is 0 Å². The summed E-state index contributed by atoms with van der Waals surface area (Å²) in [6.07, 6.45) is -0.910. The van der Waals surface area contributed by atoms with Gasteiger partial charge in [-0.25, -0.2) is 0 Å². The lowest BCUT2D eigenvalue weighted by Gasteiger charge is -2.22. The van der Waals surface area contributed by atoms with Crippen molar-refractivity contribution in [1.29, 1.82) is 0 Å². The molecule has 0 aromatic heterocycles. The van der Waals surface area contributed by atoms with Crippen LogP contribution in [0.5, 0.6) is 0 Å². The summed E-state index contributed by atoms with van der Waals surface area (Å²) < 4.78 is 29.3. The van der Waals surface area contributed by atoms with E-state index in [-0.39, 0.29) is 5.78 Å². The molecule has 1 saturated heterocycles. The molecule has 1 aliphatic heterocycles. The predicted molar refractivity (Wildman–Crippen MR) is 90.1 cm³/mol. The molecule has 1 fully saturated rings. The van der Waals surface area contributed by atoms with Crippen LogP contribution in [0.15, 0.2) is 54.6 Å². The van der Waals surface area contributed by atoms with Gasteiger partial charge in [0.2, 0.25) is 5.34 Å². The smallest absolute Gasteiger partial charge is 0.339 e. The minimum absolute atomic E-state index is 0.244. The zero-order chi connectivity index (χ0) is 17.4. The Kier molecular flexibility index (Phi) is 4.45. The molecule has 0 aliphatic carbocycles. The van der Waals surface area contributed by atoms with Crippen LogP contribution in [-0.2, 0) is 23.7 Å². The van der Waals surface area contributed by atoms with E-state index in [0.717, 1.165) is 5.56 Å². The minimum atomic E-state index is -3.69. The maximum atomic E-state index is 13.2. The molecule has 2 aromatic rings. The van der Waals surface area contributed by atoms with Gasteiger partial charge in [0.05, 0.1) is 0 Å². The van der Waals surface area contributed by atoms with Crippen LogP contribution in [0.3, 0.4) is 0 Å². The highest BCUT2D eigenvalue weighted by molar-refractivity contribution is 7.55. The van der Waals surface area contributed by atoms with E-state index in [1.807, 2.05) is 31.2 Å². The van der Waals surface area contributed by atoms with Gasteiger partial charge in [-0.3, -0.25) is 9.36 Å². The largest absolute Gasteiger partial charge is 0.369 e. The molecule has 6 heteroatoms. The summed E-state index contributed by atoms with van der Waals surface area (Å²) in [4.78, 5) is 12.8. The highest BCUT2D eigenvalue weighted by atomic mass is 31.2. The number of ether oxygens (including phenoxy) is 1. The summed E-state index contributed by atoms with van der Waals surface area (Å²) in [6, 6.07) is 16.1. The first-order valence-electron chi connectivity index (χ1n) is 7.54. The minimum Gasteiger partial charge on any atom is -0.339 e. The summed E-state index contributed by atoms with van der Waals surface area (Å²) in [5.41, 5.74) is 2.08. The van der Waals surface area contributed by atoms with Crippen LogP contribution in [0.25, 0.3) is 0 Å². The highest BCUT2D eigenvalue weighted by Gasteiger charge is 2.74. The fraction of sp³-hybridized carbons (Fsp3) is 0.278. The van der Waals surface area contributed by atoms with E-state index in [4.69, 9.17) is 13.8 Å². The van der Waals surface area contributed by atoms with E-state index < -0.39 is 19.0 Å². The maximum absolute atomic E-state index is 13.2. The number of epoxide rings is 1. The first-order valence-corrected chi connectivity index (χ1v) is 9.08. The number of hydrogen-bond donors (Lipinski definition) is 0. The lowest BCUT2D eigenvalue weighted by molar-refractivity contribution is 0.0953. The average Bonchev–Trinajstić information content (AvgIpc) is 3.38. The topological polar surface area (TPSA) is 65.1 Å². The van der Waals surface area contributed by atoms with E-state index in [1.165, 1.54) is 14.2 Å². The van der Waals surface area contributed by atoms with Crippen molar-refractivity contribution in [2.75, 3.05) is 14.2 Å². The van der Waals surface area contributed by atoms with Crippen molar-refractivity contribution in [2.45, 2.75) is 18.4 Å². The van der Waals surface area contributed by atoms with Crippen molar-refractivity contribution in [2.24, 2.45) is 0 Å².